The Balaban J connectivity index is 2.62. The number of amides is 1. The number of hydrogen-bond donors (Lipinski definition) is 2. The maximum Gasteiger partial charge on any atom is 0.339 e. The minimum Gasteiger partial charge on any atom is -0.482 e. The summed E-state index contributed by atoms with van der Waals surface area (Å²) in [7, 11) is 1.53. The highest BCUT2D eigenvalue weighted by Gasteiger charge is 2.15. The van der Waals surface area contributed by atoms with Gasteiger partial charge in [0.05, 0.1) is 11.1 Å². The van der Waals surface area contributed by atoms with E-state index in [9.17, 15) is 9.59 Å². The van der Waals surface area contributed by atoms with Crippen molar-refractivity contribution < 1.29 is 24.2 Å². The SMILES string of the molecule is COCCNC(=O)COc1c(Br)cccc1C(=O)O. The average Bonchev–Trinajstić information content (AvgIpc) is 2.37. The van der Waals surface area contributed by atoms with Gasteiger partial charge in [-0.3, -0.25) is 4.79 Å². The zero-order valence-electron chi connectivity index (χ0n) is 10.3. The number of rotatable bonds is 7. The molecule has 0 fully saturated rings. The van der Waals surface area contributed by atoms with E-state index in [4.69, 9.17) is 14.6 Å². The van der Waals surface area contributed by atoms with Crippen LogP contribution < -0.4 is 10.1 Å². The summed E-state index contributed by atoms with van der Waals surface area (Å²) in [6.45, 7) is 0.522. The Morgan fingerprint density at radius 3 is 2.79 bits per heavy atom. The molecule has 1 amide bonds. The Labute approximate surface area is 118 Å². The van der Waals surface area contributed by atoms with Crippen LogP contribution >= 0.6 is 15.9 Å². The third kappa shape index (κ3) is 4.88. The van der Waals surface area contributed by atoms with E-state index >= 15 is 0 Å². The Morgan fingerprint density at radius 2 is 2.16 bits per heavy atom. The molecule has 19 heavy (non-hydrogen) atoms. The third-order valence-electron chi connectivity index (χ3n) is 2.17. The van der Waals surface area contributed by atoms with Gasteiger partial charge in [-0.2, -0.15) is 0 Å². The molecule has 0 unspecified atom stereocenters. The highest BCUT2D eigenvalue weighted by molar-refractivity contribution is 9.10. The molecule has 0 aromatic heterocycles. The van der Waals surface area contributed by atoms with Crippen molar-refractivity contribution in [1.82, 2.24) is 5.32 Å². The Bertz CT molecular complexity index is 463. The topological polar surface area (TPSA) is 84.9 Å². The first-order valence-corrected chi connectivity index (χ1v) is 6.25. The summed E-state index contributed by atoms with van der Waals surface area (Å²) < 4.78 is 10.5. The highest BCUT2D eigenvalue weighted by Crippen LogP contribution is 2.28. The molecule has 0 aliphatic rings. The lowest BCUT2D eigenvalue weighted by Gasteiger charge is -2.11. The van der Waals surface area contributed by atoms with E-state index < -0.39 is 5.97 Å². The number of para-hydroxylation sites is 1. The number of carboxylic acid groups (broad SMARTS) is 1. The van der Waals surface area contributed by atoms with Crippen LogP contribution in [0.25, 0.3) is 0 Å². The summed E-state index contributed by atoms with van der Waals surface area (Å²) >= 11 is 3.19. The van der Waals surface area contributed by atoms with Gasteiger partial charge in [0.2, 0.25) is 0 Å². The number of methoxy groups -OCH3 is 1. The molecule has 6 nitrogen and oxygen atoms in total. The number of benzene rings is 1. The van der Waals surface area contributed by atoms with Gasteiger partial charge in [0, 0.05) is 13.7 Å². The summed E-state index contributed by atoms with van der Waals surface area (Å²) in [4.78, 5) is 22.4. The number of carboxylic acids is 1. The number of aromatic carboxylic acids is 1. The van der Waals surface area contributed by atoms with Crippen molar-refractivity contribution in [1.29, 1.82) is 0 Å². The van der Waals surface area contributed by atoms with Crippen LogP contribution in [0.3, 0.4) is 0 Å². The summed E-state index contributed by atoms with van der Waals surface area (Å²) in [6, 6.07) is 4.63. The minimum absolute atomic E-state index is 0.000864. The predicted molar refractivity (Wildman–Crippen MR) is 71.5 cm³/mol. The number of carbonyl (C=O) groups is 2. The third-order valence-corrected chi connectivity index (χ3v) is 2.80. The second-order valence-electron chi connectivity index (χ2n) is 3.55. The van der Waals surface area contributed by atoms with Crippen molar-refractivity contribution in [3.63, 3.8) is 0 Å². The van der Waals surface area contributed by atoms with Crippen molar-refractivity contribution in [3.8, 4) is 5.75 Å². The molecule has 0 atom stereocenters. The second kappa shape index (κ2) is 7.75. The molecule has 0 aliphatic carbocycles. The van der Waals surface area contributed by atoms with E-state index in [1.54, 1.807) is 12.1 Å². The molecule has 1 aromatic carbocycles. The lowest BCUT2D eigenvalue weighted by Crippen LogP contribution is -2.31. The van der Waals surface area contributed by atoms with E-state index in [-0.39, 0.29) is 23.8 Å². The monoisotopic (exact) mass is 331 g/mol. The Kier molecular flexibility index (Phi) is 6.31. The molecule has 1 rings (SSSR count). The minimum atomic E-state index is -1.11. The first-order chi connectivity index (χ1) is 9.06. The fraction of sp³-hybridized carbons (Fsp3) is 0.333. The normalized spacial score (nSPS) is 10.0. The van der Waals surface area contributed by atoms with Gasteiger partial charge in [-0.1, -0.05) is 6.07 Å². The molecule has 2 N–H and O–H groups in total. The predicted octanol–water partition coefficient (Wildman–Crippen LogP) is 1.29. The summed E-state index contributed by atoms with van der Waals surface area (Å²) in [5.74, 6) is -1.32. The first kappa shape index (κ1) is 15.5. The van der Waals surface area contributed by atoms with E-state index in [2.05, 4.69) is 21.2 Å². The van der Waals surface area contributed by atoms with Crippen molar-refractivity contribution in [2.45, 2.75) is 0 Å². The smallest absolute Gasteiger partial charge is 0.339 e. The first-order valence-electron chi connectivity index (χ1n) is 5.46. The maximum atomic E-state index is 11.4. The summed E-state index contributed by atoms with van der Waals surface area (Å²) in [5.41, 5.74) is -0.000864. The van der Waals surface area contributed by atoms with Gasteiger partial charge in [0.15, 0.2) is 6.61 Å². The molecule has 7 heteroatoms. The molecule has 1 aromatic rings. The average molecular weight is 332 g/mol. The van der Waals surface area contributed by atoms with Crippen LogP contribution in [0, 0.1) is 0 Å². The van der Waals surface area contributed by atoms with Crippen LogP contribution in [0.4, 0.5) is 0 Å². The molecule has 0 heterocycles. The zero-order chi connectivity index (χ0) is 14.3. The number of nitrogens with one attached hydrogen (secondary N) is 1. The molecule has 0 bridgehead atoms. The van der Waals surface area contributed by atoms with Crippen molar-refractivity contribution in [2.75, 3.05) is 26.9 Å². The van der Waals surface area contributed by atoms with Gasteiger partial charge >= 0.3 is 5.97 Å². The van der Waals surface area contributed by atoms with Gasteiger partial charge < -0.3 is 19.9 Å². The lowest BCUT2D eigenvalue weighted by molar-refractivity contribution is -0.123. The van der Waals surface area contributed by atoms with E-state index in [0.717, 1.165) is 0 Å². The molecule has 0 radical (unpaired) electrons. The molecule has 0 aliphatic heterocycles. The molecular weight excluding hydrogens is 318 g/mol. The second-order valence-corrected chi connectivity index (χ2v) is 4.41. The van der Waals surface area contributed by atoms with Gasteiger partial charge in [0.1, 0.15) is 11.3 Å². The summed E-state index contributed by atoms with van der Waals surface area (Å²) in [5, 5.41) is 11.6. The Morgan fingerprint density at radius 1 is 1.42 bits per heavy atom. The number of ether oxygens (including phenoxy) is 2. The summed E-state index contributed by atoms with van der Waals surface area (Å²) in [6.07, 6.45) is 0. The molecule has 0 saturated carbocycles. The number of carbonyl (C=O) groups excluding carboxylic acids is 1. The van der Waals surface area contributed by atoms with Gasteiger partial charge in [-0.15, -0.1) is 0 Å². The fourth-order valence-electron chi connectivity index (χ4n) is 1.31. The van der Waals surface area contributed by atoms with Crippen LogP contribution in [0.2, 0.25) is 0 Å². The lowest BCUT2D eigenvalue weighted by atomic mass is 10.2. The van der Waals surface area contributed by atoms with Crippen LogP contribution in [0.1, 0.15) is 10.4 Å². The van der Waals surface area contributed by atoms with Crippen LogP contribution in [0.5, 0.6) is 5.75 Å². The fourth-order valence-corrected chi connectivity index (χ4v) is 1.79. The van der Waals surface area contributed by atoms with E-state index in [1.165, 1.54) is 13.2 Å². The molecule has 0 saturated heterocycles. The largest absolute Gasteiger partial charge is 0.482 e. The van der Waals surface area contributed by atoms with Crippen molar-refractivity contribution >= 4 is 27.8 Å². The highest BCUT2D eigenvalue weighted by atomic mass is 79.9. The molecular formula is C12H14BrNO5. The van der Waals surface area contributed by atoms with Crippen LogP contribution in [-0.2, 0) is 9.53 Å². The van der Waals surface area contributed by atoms with Gasteiger partial charge in [-0.05, 0) is 28.1 Å². The van der Waals surface area contributed by atoms with Gasteiger partial charge in [-0.25, -0.2) is 4.79 Å². The molecule has 0 spiro atoms. The van der Waals surface area contributed by atoms with Crippen LogP contribution in [0.15, 0.2) is 22.7 Å². The molecule has 104 valence electrons. The quantitative estimate of drug-likeness (QED) is 0.735. The zero-order valence-corrected chi connectivity index (χ0v) is 11.9. The van der Waals surface area contributed by atoms with Crippen LogP contribution in [-0.4, -0.2) is 43.9 Å². The Hall–Kier alpha value is -1.60. The van der Waals surface area contributed by atoms with E-state index in [0.29, 0.717) is 17.6 Å². The standard InChI is InChI=1S/C12H14BrNO5/c1-18-6-5-14-10(15)7-19-11-8(12(16)17)3-2-4-9(11)13/h2-4H,5-7H2,1H3,(H,14,15)(H,16,17). The van der Waals surface area contributed by atoms with Gasteiger partial charge in [0.25, 0.3) is 5.91 Å². The number of hydrogen-bond acceptors (Lipinski definition) is 4. The van der Waals surface area contributed by atoms with Crippen molar-refractivity contribution in [2.24, 2.45) is 0 Å². The number of halogens is 1. The van der Waals surface area contributed by atoms with E-state index in [1.807, 2.05) is 0 Å². The van der Waals surface area contributed by atoms with Crippen molar-refractivity contribution in [3.05, 3.63) is 28.2 Å². The maximum absolute atomic E-state index is 11.4.